The predicted molar refractivity (Wildman–Crippen MR) is 63.8 cm³/mol. The number of rotatable bonds is 2. The Morgan fingerprint density at radius 1 is 1.39 bits per heavy atom. The normalized spacial score (nSPS) is 19.8. The molecule has 1 N–H and O–H groups in total. The molecular formula is C12H11N3O3. The van der Waals surface area contributed by atoms with Crippen molar-refractivity contribution in [3.8, 4) is 0 Å². The summed E-state index contributed by atoms with van der Waals surface area (Å²) < 4.78 is 5.44. The number of hydrogen-bond acceptors (Lipinski definition) is 5. The first-order valence-corrected chi connectivity index (χ1v) is 5.57. The molecule has 2 amide bonds. The fourth-order valence-electron chi connectivity index (χ4n) is 1.95. The van der Waals surface area contributed by atoms with Crippen molar-refractivity contribution in [1.82, 2.24) is 9.88 Å². The number of fused-ring (bicyclic) bond motifs is 1. The topological polar surface area (TPSA) is 75.4 Å². The number of benzene rings is 1. The zero-order valence-electron chi connectivity index (χ0n) is 9.71. The third kappa shape index (κ3) is 1.62. The van der Waals surface area contributed by atoms with E-state index in [-0.39, 0.29) is 24.2 Å². The van der Waals surface area contributed by atoms with Gasteiger partial charge in [0, 0.05) is 7.05 Å². The van der Waals surface area contributed by atoms with Crippen molar-refractivity contribution in [2.24, 2.45) is 0 Å². The van der Waals surface area contributed by atoms with Crippen LogP contribution >= 0.6 is 0 Å². The van der Waals surface area contributed by atoms with Crippen LogP contribution < -0.4 is 5.32 Å². The molecule has 2 aromatic rings. The summed E-state index contributed by atoms with van der Waals surface area (Å²) in [5.41, 5.74) is 1.36. The van der Waals surface area contributed by atoms with Crippen LogP contribution in [0.25, 0.3) is 11.1 Å². The lowest BCUT2D eigenvalue weighted by Crippen LogP contribution is -2.31. The van der Waals surface area contributed by atoms with Crippen LogP contribution in [0, 0.1) is 0 Å². The minimum absolute atomic E-state index is 0.133. The third-order valence-corrected chi connectivity index (χ3v) is 2.97. The first kappa shape index (κ1) is 10.8. The van der Waals surface area contributed by atoms with Crippen molar-refractivity contribution in [3.63, 3.8) is 0 Å². The lowest BCUT2D eigenvalue weighted by atomic mass is 10.2. The zero-order chi connectivity index (χ0) is 12.7. The first-order valence-electron chi connectivity index (χ1n) is 5.57. The van der Waals surface area contributed by atoms with Gasteiger partial charge < -0.3 is 9.73 Å². The van der Waals surface area contributed by atoms with E-state index in [0.29, 0.717) is 11.1 Å². The van der Waals surface area contributed by atoms with E-state index < -0.39 is 6.04 Å². The highest BCUT2D eigenvalue weighted by Crippen LogP contribution is 2.21. The Balaban J connectivity index is 1.85. The molecule has 6 nitrogen and oxygen atoms in total. The maximum atomic E-state index is 11.7. The van der Waals surface area contributed by atoms with Crippen LogP contribution in [0.3, 0.4) is 0 Å². The number of para-hydroxylation sites is 2. The number of nitrogens with zero attached hydrogens (tertiary/aromatic N) is 2. The molecule has 1 aliphatic rings. The summed E-state index contributed by atoms with van der Waals surface area (Å²) in [7, 11) is 1.47. The van der Waals surface area contributed by atoms with Gasteiger partial charge >= 0.3 is 0 Å². The van der Waals surface area contributed by atoms with E-state index in [0.717, 1.165) is 4.90 Å². The number of nitrogens with one attached hydrogen (secondary N) is 1. The second-order valence-electron chi connectivity index (χ2n) is 4.18. The van der Waals surface area contributed by atoms with Crippen molar-refractivity contribution in [2.45, 2.75) is 12.5 Å². The largest absolute Gasteiger partial charge is 0.424 e. The Kier molecular flexibility index (Phi) is 2.29. The number of amides is 2. The van der Waals surface area contributed by atoms with Gasteiger partial charge in [-0.15, -0.1) is 0 Å². The molecule has 0 spiro atoms. The molecule has 0 aliphatic carbocycles. The van der Waals surface area contributed by atoms with Crippen molar-refractivity contribution in [1.29, 1.82) is 0 Å². The number of likely N-dealkylation sites (tertiary alicyclic amines) is 1. The average molecular weight is 245 g/mol. The maximum absolute atomic E-state index is 11.7. The lowest BCUT2D eigenvalue weighted by molar-refractivity contribution is -0.136. The second-order valence-corrected chi connectivity index (χ2v) is 4.18. The molecule has 0 radical (unpaired) electrons. The number of aromatic nitrogens is 1. The number of carbonyl (C=O) groups is 2. The van der Waals surface area contributed by atoms with Gasteiger partial charge in [0.2, 0.25) is 5.91 Å². The number of anilines is 1. The third-order valence-electron chi connectivity index (χ3n) is 2.97. The van der Waals surface area contributed by atoms with Crippen molar-refractivity contribution in [3.05, 3.63) is 24.3 Å². The SMILES string of the molecule is CN1C(=O)CC(Nc2nc3ccccc3o2)C1=O. The smallest absolute Gasteiger partial charge is 0.296 e. The van der Waals surface area contributed by atoms with Gasteiger partial charge in [-0.3, -0.25) is 14.5 Å². The maximum Gasteiger partial charge on any atom is 0.296 e. The van der Waals surface area contributed by atoms with Gasteiger partial charge in [-0.2, -0.15) is 4.98 Å². The van der Waals surface area contributed by atoms with Gasteiger partial charge in [0.05, 0.1) is 6.42 Å². The van der Waals surface area contributed by atoms with Gasteiger partial charge in [-0.25, -0.2) is 0 Å². The second kappa shape index (κ2) is 3.83. The Bertz CT molecular complexity index is 601. The van der Waals surface area contributed by atoms with E-state index in [1.165, 1.54) is 7.05 Å². The summed E-state index contributed by atoms with van der Waals surface area (Å²) >= 11 is 0. The van der Waals surface area contributed by atoms with E-state index in [4.69, 9.17) is 4.42 Å². The molecule has 1 aromatic heterocycles. The number of carbonyl (C=O) groups excluding carboxylic acids is 2. The van der Waals surface area contributed by atoms with E-state index >= 15 is 0 Å². The highest BCUT2D eigenvalue weighted by atomic mass is 16.4. The molecule has 0 saturated carbocycles. The summed E-state index contributed by atoms with van der Waals surface area (Å²) in [6, 6.07) is 6.98. The van der Waals surface area contributed by atoms with Gasteiger partial charge in [-0.1, -0.05) is 12.1 Å². The number of oxazole rings is 1. The van der Waals surface area contributed by atoms with Crippen LogP contribution in [0.4, 0.5) is 6.01 Å². The highest BCUT2D eigenvalue weighted by Gasteiger charge is 2.36. The molecule has 92 valence electrons. The summed E-state index contributed by atoms with van der Waals surface area (Å²) in [5, 5.41) is 2.85. The zero-order valence-corrected chi connectivity index (χ0v) is 9.71. The van der Waals surface area contributed by atoms with Crippen LogP contribution in [-0.2, 0) is 9.59 Å². The molecule has 1 fully saturated rings. The minimum Gasteiger partial charge on any atom is -0.424 e. The Hall–Kier alpha value is -2.37. The summed E-state index contributed by atoms with van der Waals surface area (Å²) in [5.74, 6) is -0.462. The summed E-state index contributed by atoms with van der Waals surface area (Å²) in [4.78, 5) is 28.4. The van der Waals surface area contributed by atoms with Crippen LogP contribution in [0.5, 0.6) is 0 Å². The van der Waals surface area contributed by atoms with Crippen molar-refractivity contribution in [2.75, 3.05) is 12.4 Å². The number of hydrogen-bond donors (Lipinski definition) is 1. The molecule has 1 aliphatic heterocycles. The van der Waals surface area contributed by atoms with E-state index in [1.54, 1.807) is 6.07 Å². The highest BCUT2D eigenvalue weighted by molar-refractivity contribution is 6.06. The van der Waals surface area contributed by atoms with Crippen LogP contribution in [0.15, 0.2) is 28.7 Å². The van der Waals surface area contributed by atoms with Crippen LogP contribution in [0.2, 0.25) is 0 Å². The molecular weight excluding hydrogens is 234 g/mol. The van der Waals surface area contributed by atoms with Crippen molar-refractivity contribution < 1.29 is 14.0 Å². The van der Waals surface area contributed by atoms with Gasteiger partial charge in [-0.05, 0) is 12.1 Å². The molecule has 1 saturated heterocycles. The summed E-state index contributed by atoms with van der Waals surface area (Å²) in [6.07, 6.45) is 0.133. The van der Waals surface area contributed by atoms with Crippen LogP contribution in [0.1, 0.15) is 6.42 Å². The van der Waals surface area contributed by atoms with E-state index in [1.807, 2.05) is 18.2 Å². The van der Waals surface area contributed by atoms with Crippen LogP contribution in [-0.4, -0.2) is 34.8 Å². The fourth-order valence-corrected chi connectivity index (χ4v) is 1.95. The minimum atomic E-state index is -0.587. The predicted octanol–water partition coefficient (Wildman–Crippen LogP) is 0.997. The van der Waals surface area contributed by atoms with Crippen molar-refractivity contribution >= 4 is 28.9 Å². The monoisotopic (exact) mass is 245 g/mol. The van der Waals surface area contributed by atoms with Gasteiger partial charge in [0.1, 0.15) is 11.6 Å². The molecule has 1 atom stereocenters. The fraction of sp³-hybridized carbons (Fsp3) is 0.250. The standard InChI is InChI=1S/C12H11N3O3/c1-15-10(16)6-8(11(15)17)14-12-13-7-4-2-3-5-9(7)18-12/h2-5,8H,6H2,1H3,(H,13,14). The Morgan fingerprint density at radius 2 is 2.17 bits per heavy atom. The lowest BCUT2D eigenvalue weighted by Gasteiger charge is -2.08. The Morgan fingerprint density at radius 3 is 2.83 bits per heavy atom. The van der Waals surface area contributed by atoms with Gasteiger partial charge in [0.25, 0.3) is 11.9 Å². The number of likely N-dealkylation sites (N-methyl/N-ethyl adjacent to an activating group) is 1. The Labute approximate surface area is 103 Å². The molecule has 6 heteroatoms. The first-order chi connectivity index (χ1) is 8.65. The molecule has 1 aromatic carbocycles. The van der Waals surface area contributed by atoms with E-state index in [2.05, 4.69) is 10.3 Å². The molecule has 2 heterocycles. The van der Waals surface area contributed by atoms with E-state index in [9.17, 15) is 9.59 Å². The number of imide groups is 1. The quantitative estimate of drug-likeness (QED) is 0.799. The molecule has 18 heavy (non-hydrogen) atoms. The average Bonchev–Trinajstić information content (AvgIpc) is 2.87. The molecule has 3 rings (SSSR count). The summed E-state index contributed by atoms with van der Waals surface area (Å²) in [6.45, 7) is 0. The molecule has 0 bridgehead atoms. The van der Waals surface area contributed by atoms with Gasteiger partial charge in [0.15, 0.2) is 5.58 Å². The molecule has 1 unspecified atom stereocenters.